The van der Waals surface area contributed by atoms with E-state index >= 15 is 0 Å². The number of hydrogen-bond donors (Lipinski definition) is 0. The number of hydrogen-bond acceptors (Lipinski definition) is 16. The Labute approximate surface area is 337 Å². The summed E-state index contributed by atoms with van der Waals surface area (Å²) in [5.74, 6) is -4.79. The highest BCUT2D eigenvalue weighted by atomic mass is 16.5. The van der Waals surface area contributed by atoms with Crippen molar-refractivity contribution >= 4 is 57.8 Å². The molecular formula is C42H52O16. The third-order valence-electron chi connectivity index (χ3n) is 7.41. The van der Waals surface area contributed by atoms with Gasteiger partial charge in [-0.2, -0.15) is 0 Å². The molecule has 0 radical (unpaired) electrons. The molecule has 0 aliphatic heterocycles. The van der Waals surface area contributed by atoms with Gasteiger partial charge in [0.15, 0.2) is 57.8 Å². The first-order valence-corrected chi connectivity index (χ1v) is 17.2. The Morgan fingerprint density at radius 1 is 0.293 bits per heavy atom. The summed E-state index contributed by atoms with van der Waals surface area (Å²) in [6.45, 7) is 22.4. The first kappa shape index (κ1) is 54.5. The summed E-state index contributed by atoms with van der Waals surface area (Å²) in [5, 5.41) is 0. The zero-order chi connectivity index (χ0) is 44.6. The van der Waals surface area contributed by atoms with Gasteiger partial charge in [-0.15, -0.1) is 0 Å². The van der Waals surface area contributed by atoms with Crippen molar-refractivity contribution in [3.63, 3.8) is 0 Å². The van der Waals surface area contributed by atoms with Crippen molar-refractivity contribution in [2.75, 3.05) is 79.3 Å². The van der Waals surface area contributed by atoms with Crippen LogP contribution in [-0.4, -0.2) is 137 Å². The maximum Gasteiger partial charge on any atom is 0.180 e. The summed E-state index contributed by atoms with van der Waals surface area (Å²) in [6.07, 6.45) is 7.31. The molecule has 0 saturated carbocycles. The van der Waals surface area contributed by atoms with Gasteiger partial charge in [-0.3, -0.25) is 47.9 Å². The summed E-state index contributed by atoms with van der Waals surface area (Å²) >= 11 is 0. The van der Waals surface area contributed by atoms with Crippen molar-refractivity contribution in [2.24, 2.45) is 10.8 Å². The average Bonchev–Trinajstić information content (AvgIpc) is 3.22. The molecule has 0 rings (SSSR count). The first-order valence-electron chi connectivity index (χ1n) is 17.2. The molecule has 0 aliphatic rings. The van der Waals surface area contributed by atoms with Gasteiger partial charge in [0.25, 0.3) is 0 Å². The van der Waals surface area contributed by atoms with Crippen molar-refractivity contribution in [3.05, 3.63) is 101 Å². The number of carbonyl (C=O) groups is 10. The summed E-state index contributed by atoms with van der Waals surface area (Å²) in [7, 11) is 0. The summed E-state index contributed by atoms with van der Waals surface area (Å²) < 4.78 is 31.8. The molecule has 0 aliphatic carbocycles. The van der Waals surface area contributed by atoms with Crippen LogP contribution in [0.4, 0.5) is 0 Å². The van der Waals surface area contributed by atoms with E-state index < -0.39 is 81.5 Å². The van der Waals surface area contributed by atoms with Crippen molar-refractivity contribution in [1.82, 2.24) is 0 Å². The van der Waals surface area contributed by atoms with Crippen LogP contribution in [0.5, 0.6) is 0 Å². The minimum Gasteiger partial charge on any atom is -0.372 e. The molecule has 16 nitrogen and oxygen atoms in total. The van der Waals surface area contributed by atoms with Gasteiger partial charge in [0.05, 0.1) is 63.3 Å². The van der Waals surface area contributed by atoms with Gasteiger partial charge in [0, 0.05) is 0 Å². The van der Waals surface area contributed by atoms with Crippen LogP contribution in [0.1, 0.15) is 12.8 Å². The van der Waals surface area contributed by atoms with Crippen LogP contribution >= 0.6 is 0 Å². The normalized spacial score (nSPS) is 10.6. The molecule has 0 fully saturated rings. The molecule has 0 aromatic heterocycles. The van der Waals surface area contributed by atoms with Crippen LogP contribution in [0.15, 0.2) is 101 Å². The van der Waals surface area contributed by atoms with E-state index in [0.717, 1.165) is 48.6 Å². The second-order valence-corrected chi connectivity index (χ2v) is 12.1. The third kappa shape index (κ3) is 23.4. The zero-order valence-corrected chi connectivity index (χ0v) is 32.7. The number of carbonyl (C=O) groups excluding carboxylic acids is 10. The Bertz CT molecular complexity index is 1340. The SMILES string of the molecule is C=CC(=O)COCC(COCC(=O)C=C)(COCC(=O)C=C)C(=O)CC(=O)C=C.C=CC(=O)COCC(COCC(=O)C=C)(COCC(=O)C=C)C(=O)CC(=O)C=C. The largest absolute Gasteiger partial charge is 0.372 e. The number of ketones is 10. The van der Waals surface area contributed by atoms with Crippen LogP contribution < -0.4 is 0 Å². The van der Waals surface area contributed by atoms with E-state index in [1.54, 1.807) is 0 Å². The Hall–Kier alpha value is -5.62. The molecule has 0 unspecified atom stereocenters. The van der Waals surface area contributed by atoms with E-state index in [9.17, 15) is 47.9 Å². The second-order valence-electron chi connectivity index (χ2n) is 12.1. The molecule has 0 aromatic carbocycles. The van der Waals surface area contributed by atoms with Crippen molar-refractivity contribution < 1.29 is 76.4 Å². The predicted octanol–water partition coefficient (Wildman–Crippen LogP) is 2.00. The van der Waals surface area contributed by atoms with Crippen LogP contribution in [0.3, 0.4) is 0 Å². The minimum absolute atomic E-state index is 0.347. The van der Waals surface area contributed by atoms with Gasteiger partial charge in [0.2, 0.25) is 0 Å². The lowest BCUT2D eigenvalue weighted by molar-refractivity contribution is -0.150. The van der Waals surface area contributed by atoms with E-state index in [-0.39, 0.29) is 79.3 Å². The lowest BCUT2D eigenvalue weighted by Crippen LogP contribution is -2.46. The fourth-order valence-electron chi connectivity index (χ4n) is 4.00. The van der Waals surface area contributed by atoms with Crippen LogP contribution in [0, 0.1) is 10.8 Å². The maximum atomic E-state index is 12.8. The zero-order valence-electron chi connectivity index (χ0n) is 32.7. The van der Waals surface area contributed by atoms with Crippen LogP contribution in [-0.2, 0) is 76.4 Å². The second kappa shape index (κ2) is 31.5. The van der Waals surface area contributed by atoms with E-state index in [0.29, 0.717) is 0 Å². The Morgan fingerprint density at radius 3 is 0.586 bits per heavy atom. The van der Waals surface area contributed by atoms with Gasteiger partial charge in [-0.25, -0.2) is 0 Å². The standard InChI is InChI=1S/2C21H26O8/c2*1-5-16(22)9-20(26)21(13-27-10-17(23)6-2,14-28-11-18(24)7-3)15-29-12-19(25)8-4/h2*5-8H,1-4,9-15H2. The Morgan fingerprint density at radius 2 is 0.448 bits per heavy atom. The van der Waals surface area contributed by atoms with Gasteiger partial charge in [-0.1, -0.05) is 52.6 Å². The number of rotatable bonds is 38. The Balaban J connectivity index is 0. The van der Waals surface area contributed by atoms with Gasteiger partial charge in [-0.05, 0) is 48.6 Å². The number of Topliss-reactive ketones (excluding diaryl/α,β-unsaturated/α-hetero) is 2. The van der Waals surface area contributed by atoms with Crippen molar-refractivity contribution in [1.29, 1.82) is 0 Å². The van der Waals surface area contributed by atoms with E-state index in [1.807, 2.05) is 0 Å². The molecule has 0 spiro atoms. The average molecular weight is 813 g/mol. The molecule has 0 atom stereocenters. The number of ether oxygens (including phenoxy) is 6. The summed E-state index contributed by atoms with van der Waals surface area (Å²) in [5.41, 5.74) is -3.08. The van der Waals surface area contributed by atoms with Crippen LogP contribution in [0.25, 0.3) is 0 Å². The molecule has 58 heavy (non-hydrogen) atoms. The molecule has 0 N–H and O–H groups in total. The monoisotopic (exact) mass is 812 g/mol. The topological polar surface area (TPSA) is 226 Å². The third-order valence-corrected chi connectivity index (χ3v) is 7.41. The van der Waals surface area contributed by atoms with E-state index in [1.165, 1.54) is 0 Å². The predicted molar refractivity (Wildman–Crippen MR) is 211 cm³/mol. The molecule has 16 heteroatoms. The highest BCUT2D eigenvalue weighted by Gasteiger charge is 2.42. The lowest BCUT2D eigenvalue weighted by atomic mass is 9.83. The molecule has 0 amide bonds. The summed E-state index contributed by atoms with van der Waals surface area (Å²) in [4.78, 5) is 118. The van der Waals surface area contributed by atoms with Gasteiger partial charge < -0.3 is 28.4 Å². The minimum atomic E-state index is -1.54. The van der Waals surface area contributed by atoms with Gasteiger partial charge in [0.1, 0.15) is 39.6 Å². The number of allylic oxidation sites excluding steroid dienone is 2. The molecule has 316 valence electrons. The van der Waals surface area contributed by atoms with Crippen molar-refractivity contribution in [2.45, 2.75) is 12.8 Å². The van der Waals surface area contributed by atoms with E-state index in [4.69, 9.17) is 28.4 Å². The molecule has 0 aromatic rings. The van der Waals surface area contributed by atoms with Gasteiger partial charge >= 0.3 is 0 Å². The summed E-state index contributed by atoms with van der Waals surface area (Å²) in [6, 6.07) is 0. The quantitative estimate of drug-likeness (QED) is 0.0642. The van der Waals surface area contributed by atoms with Crippen molar-refractivity contribution in [3.8, 4) is 0 Å². The Kier molecular flexibility index (Phi) is 29.6. The molecule has 0 saturated heterocycles. The fourth-order valence-corrected chi connectivity index (χ4v) is 4.00. The lowest BCUT2D eigenvalue weighted by Gasteiger charge is -2.31. The smallest absolute Gasteiger partial charge is 0.180 e. The van der Waals surface area contributed by atoms with Crippen LogP contribution in [0.2, 0.25) is 0 Å². The maximum absolute atomic E-state index is 12.8. The van der Waals surface area contributed by atoms with E-state index in [2.05, 4.69) is 52.6 Å². The highest BCUT2D eigenvalue weighted by molar-refractivity contribution is 6.07. The first-order chi connectivity index (χ1) is 27.5. The fraction of sp³-hybridized carbons (Fsp3) is 0.381. The molecule has 0 heterocycles. The highest BCUT2D eigenvalue weighted by Crippen LogP contribution is 2.25. The molecular weight excluding hydrogens is 760 g/mol. The molecule has 0 bridgehead atoms.